The van der Waals surface area contributed by atoms with Gasteiger partial charge in [0.25, 0.3) is 0 Å². The smallest absolute Gasteiger partial charge is 0.191 e. The molecule has 0 radical (unpaired) electrons. The number of hydrogen-bond donors (Lipinski definition) is 2. The molecule has 1 saturated heterocycles. The van der Waals surface area contributed by atoms with Gasteiger partial charge in [0.1, 0.15) is 0 Å². The third-order valence-corrected chi connectivity index (χ3v) is 5.27. The highest BCUT2D eigenvalue weighted by atomic mass is 79.9. The van der Waals surface area contributed by atoms with Gasteiger partial charge in [-0.1, -0.05) is 40.2 Å². The number of aliphatic imine (C=N–C) groups is 1. The van der Waals surface area contributed by atoms with Gasteiger partial charge in [0, 0.05) is 50.0 Å². The number of guanidine groups is 1. The fourth-order valence-corrected chi connectivity index (χ4v) is 3.52. The van der Waals surface area contributed by atoms with E-state index in [2.05, 4.69) is 85.0 Å². The Morgan fingerprint density at radius 1 is 1.15 bits per heavy atom. The first-order valence-corrected chi connectivity index (χ1v) is 10.0. The van der Waals surface area contributed by atoms with Crippen LogP contribution in [-0.4, -0.2) is 39.2 Å². The average Bonchev–Trinajstić information content (AvgIpc) is 3.15. The van der Waals surface area contributed by atoms with Crippen LogP contribution in [0.1, 0.15) is 17.5 Å². The van der Waals surface area contributed by atoms with Crippen molar-refractivity contribution < 1.29 is 4.74 Å². The second-order valence-electron chi connectivity index (χ2n) is 6.73. The van der Waals surface area contributed by atoms with Crippen molar-refractivity contribution >= 4 is 27.6 Å². The Bertz CT molecular complexity index is 746. The molecule has 0 aliphatic carbocycles. The molecule has 1 aliphatic heterocycles. The molecule has 2 aromatic rings. The lowest BCUT2D eigenvalue weighted by Crippen LogP contribution is -2.44. The number of rotatable bonds is 6. The van der Waals surface area contributed by atoms with Crippen LogP contribution in [0.15, 0.2) is 58.0 Å². The lowest BCUT2D eigenvalue weighted by Gasteiger charge is -2.20. The Morgan fingerprint density at radius 3 is 2.52 bits per heavy atom. The number of methoxy groups -OCH3 is 1. The molecule has 27 heavy (non-hydrogen) atoms. The quantitative estimate of drug-likeness (QED) is 0.543. The Balaban J connectivity index is 1.48. The molecule has 0 spiro atoms. The van der Waals surface area contributed by atoms with Gasteiger partial charge in [-0.15, -0.1) is 0 Å². The van der Waals surface area contributed by atoms with Crippen LogP contribution >= 0.6 is 15.9 Å². The molecule has 0 saturated carbocycles. The average molecular weight is 431 g/mol. The van der Waals surface area contributed by atoms with Crippen LogP contribution in [0.3, 0.4) is 0 Å². The topological polar surface area (TPSA) is 48.9 Å². The number of hydrogen-bond acceptors (Lipinski definition) is 3. The largest absolute Gasteiger partial charge is 0.380 e. The van der Waals surface area contributed by atoms with E-state index in [4.69, 9.17) is 4.74 Å². The van der Waals surface area contributed by atoms with E-state index in [1.807, 2.05) is 7.05 Å². The molecular formula is C21H27BrN4O. The third-order valence-electron chi connectivity index (χ3n) is 4.74. The molecular weight excluding hydrogens is 404 g/mol. The first kappa shape index (κ1) is 19.7. The molecule has 5 nitrogen and oxygen atoms in total. The summed E-state index contributed by atoms with van der Waals surface area (Å²) in [5.74, 6) is 0.846. The van der Waals surface area contributed by atoms with E-state index in [-0.39, 0.29) is 0 Å². The van der Waals surface area contributed by atoms with Crippen LogP contribution in [-0.2, 0) is 17.9 Å². The number of ether oxygens (including phenoxy) is 1. The predicted molar refractivity (Wildman–Crippen MR) is 115 cm³/mol. The summed E-state index contributed by atoms with van der Waals surface area (Å²) >= 11 is 3.49. The molecule has 0 amide bonds. The lowest BCUT2D eigenvalue weighted by atomic mass is 10.1. The minimum atomic E-state index is 0.393. The van der Waals surface area contributed by atoms with Crippen molar-refractivity contribution in [3.8, 4) is 0 Å². The molecule has 3 rings (SSSR count). The Kier molecular flexibility index (Phi) is 7.12. The van der Waals surface area contributed by atoms with Gasteiger partial charge in [-0.3, -0.25) is 4.99 Å². The maximum absolute atomic E-state index is 5.15. The summed E-state index contributed by atoms with van der Waals surface area (Å²) in [5, 5.41) is 6.96. The van der Waals surface area contributed by atoms with Gasteiger partial charge in [0.05, 0.1) is 6.61 Å². The van der Waals surface area contributed by atoms with E-state index < -0.39 is 0 Å². The van der Waals surface area contributed by atoms with E-state index >= 15 is 0 Å². The zero-order valence-electron chi connectivity index (χ0n) is 15.9. The maximum Gasteiger partial charge on any atom is 0.191 e. The maximum atomic E-state index is 5.15. The first-order chi connectivity index (χ1) is 13.2. The Hall–Kier alpha value is -2.05. The van der Waals surface area contributed by atoms with Gasteiger partial charge < -0.3 is 20.3 Å². The number of nitrogens with one attached hydrogen (secondary N) is 2. The fourth-order valence-electron chi connectivity index (χ4n) is 3.26. The van der Waals surface area contributed by atoms with E-state index in [0.29, 0.717) is 12.6 Å². The van der Waals surface area contributed by atoms with Crippen LogP contribution < -0.4 is 15.5 Å². The SMILES string of the molecule is CN=C(NCc1ccc(COC)cc1)NC1CCN(c2ccc(Br)cc2)C1. The number of halogens is 1. The summed E-state index contributed by atoms with van der Waals surface area (Å²) in [5.41, 5.74) is 3.67. The zero-order valence-corrected chi connectivity index (χ0v) is 17.5. The second-order valence-corrected chi connectivity index (χ2v) is 7.64. The van der Waals surface area contributed by atoms with Gasteiger partial charge in [-0.2, -0.15) is 0 Å². The van der Waals surface area contributed by atoms with Gasteiger partial charge in [0.2, 0.25) is 0 Å². The van der Waals surface area contributed by atoms with E-state index in [9.17, 15) is 0 Å². The molecule has 1 aliphatic rings. The molecule has 0 bridgehead atoms. The van der Waals surface area contributed by atoms with Crippen molar-refractivity contribution in [2.24, 2.45) is 4.99 Å². The normalized spacial score (nSPS) is 17.2. The number of benzene rings is 2. The molecule has 6 heteroatoms. The van der Waals surface area contributed by atoms with Crippen LogP contribution in [0.4, 0.5) is 5.69 Å². The Labute approximate surface area is 170 Å². The molecule has 2 aromatic carbocycles. The monoisotopic (exact) mass is 430 g/mol. The lowest BCUT2D eigenvalue weighted by molar-refractivity contribution is 0.185. The predicted octanol–water partition coefficient (Wildman–Crippen LogP) is 3.54. The second kappa shape index (κ2) is 9.76. The van der Waals surface area contributed by atoms with E-state index in [1.165, 1.54) is 16.8 Å². The summed E-state index contributed by atoms with van der Waals surface area (Å²) in [4.78, 5) is 6.78. The fraction of sp³-hybridized carbons (Fsp3) is 0.381. The van der Waals surface area contributed by atoms with E-state index in [0.717, 1.165) is 36.5 Å². The summed E-state index contributed by atoms with van der Waals surface area (Å²) in [6.45, 7) is 3.43. The van der Waals surface area contributed by atoms with Gasteiger partial charge in [0.15, 0.2) is 5.96 Å². The van der Waals surface area contributed by atoms with Crippen molar-refractivity contribution in [3.63, 3.8) is 0 Å². The standard InChI is InChI=1S/C21H27BrN4O/c1-23-21(24-13-16-3-5-17(6-4-16)15-27-2)25-19-11-12-26(14-19)20-9-7-18(22)8-10-20/h3-10,19H,11-15H2,1-2H3,(H2,23,24,25). The Morgan fingerprint density at radius 2 is 1.85 bits per heavy atom. The first-order valence-electron chi connectivity index (χ1n) is 9.22. The summed E-state index contributed by atoms with van der Waals surface area (Å²) in [6, 6.07) is 17.3. The summed E-state index contributed by atoms with van der Waals surface area (Å²) < 4.78 is 6.26. The number of nitrogens with zero attached hydrogens (tertiary/aromatic N) is 2. The minimum Gasteiger partial charge on any atom is -0.380 e. The van der Waals surface area contributed by atoms with Crippen LogP contribution in [0, 0.1) is 0 Å². The molecule has 2 N–H and O–H groups in total. The van der Waals surface area contributed by atoms with Crippen LogP contribution in [0.2, 0.25) is 0 Å². The van der Waals surface area contributed by atoms with Crippen molar-refractivity contribution in [2.75, 3.05) is 32.1 Å². The van der Waals surface area contributed by atoms with Crippen LogP contribution in [0.5, 0.6) is 0 Å². The van der Waals surface area contributed by atoms with Crippen LogP contribution in [0.25, 0.3) is 0 Å². The summed E-state index contributed by atoms with van der Waals surface area (Å²) in [7, 11) is 3.53. The minimum absolute atomic E-state index is 0.393. The van der Waals surface area contributed by atoms with Gasteiger partial charge >= 0.3 is 0 Å². The number of anilines is 1. The molecule has 0 aromatic heterocycles. The van der Waals surface area contributed by atoms with Crippen molar-refractivity contribution in [1.29, 1.82) is 0 Å². The van der Waals surface area contributed by atoms with Crippen molar-refractivity contribution in [3.05, 3.63) is 64.1 Å². The molecule has 1 unspecified atom stereocenters. The third kappa shape index (κ3) is 5.71. The van der Waals surface area contributed by atoms with Crippen molar-refractivity contribution in [2.45, 2.75) is 25.6 Å². The molecule has 144 valence electrons. The molecule has 1 heterocycles. The summed E-state index contributed by atoms with van der Waals surface area (Å²) in [6.07, 6.45) is 1.10. The van der Waals surface area contributed by atoms with Crippen molar-refractivity contribution in [1.82, 2.24) is 10.6 Å². The highest BCUT2D eigenvalue weighted by molar-refractivity contribution is 9.10. The molecule has 1 fully saturated rings. The van der Waals surface area contributed by atoms with Gasteiger partial charge in [-0.05, 0) is 41.8 Å². The highest BCUT2D eigenvalue weighted by Crippen LogP contribution is 2.22. The van der Waals surface area contributed by atoms with Gasteiger partial charge in [-0.25, -0.2) is 0 Å². The highest BCUT2D eigenvalue weighted by Gasteiger charge is 2.23. The van der Waals surface area contributed by atoms with E-state index in [1.54, 1.807) is 7.11 Å². The zero-order chi connectivity index (χ0) is 19.1. The molecule has 1 atom stereocenters.